The Morgan fingerprint density at radius 1 is 0.964 bits per heavy atom. The van der Waals surface area contributed by atoms with Gasteiger partial charge in [-0.15, -0.1) is 0 Å². The van der Waals surface area contributed by atoms with Gasteiger partial charge in [-0.1, -0.05) is 42.5 Å². The van der Waals surface area contributed by atoms with Gasteiger partial charge in [0.1, 0.15) is 11.5 Å². The summed E-state index contributed by atoms with van der Waals surface area (Å²) in [6, 6.07) is 19.8. The number of hydrogen-bond donors (Lipinski definition) is 2. The second kappa shape index (κ2) is 8.86. The van der Waals surface area contributed by atoms with Crippen LogP contribution in [0.1, 0.15) is 40.2 Å². The molecule has 1 atom stereocenters. The number of hydrogen-bond acceptors (Lipinski definition) is 3. The topological polar surface area (TPSA) is 71.3 Å². The van der Waals surface area contributed by atoms with Crippen molar-refractivity contribution in [2.45, 2.75) is 19.9 Å². The Balaban J connectivity index is 1.81. The smallest absolute Gasteiger partial charge is 0.268 e. The molecule has 0 bridgehead atoms. The van der Waals surface area contributed by atoms with Crippen molar-refractivity contribution in [1.82, 2.24) is 10.6 Å². The molecule has 0 fully saturated rings. The zero-order chi connectivity index (χ0) is 19.9. The summed E-state index contributed by atoms with van der Waals surface area (Å²) in [6.07, 6.45) is 3.02. The number of rotatable bonds is 6. The molecule has 1 aromatic heterocycles. The predicted molar refractivity (Wildman–Crippen MR) is 108 cm³/mol. The third-order valence-electron chi connectivity index (χ3n) is 4.36. The fraction of sp³-hybridized carbons (Fsp3) is 0.130. The molecule has 5 nitrogen and oxygen atoms in total. The fourth-order valence-electron chi connectivity index (χ4n) is 2.88. The van der Waals surface area contributed by atoms with Crippen LogP contribution in [0.15, 0.2) is 83.1 Å². The standard InChI is InChI=1S/C23H22N2O3/c1-16-9-6-7-13-20(16)17(2)24-23(27)21(15-19-12-8-14-28-19)25-22(26)18-10-4-3-5-11-18/h3-15,17H,1-2H3,(H,24,27)(H,25,26)/b21-15-/t17-/m0/s1. The third-order valence-corrected chi connectivity index (χ3v) is 4.36. The van der Waals surface area contributed by atoms with E-state index in [4.69, 9.17) is 4.42 Å². The first kappa shape index (κ1) is 19.2. The number of carbonyl (C=O) groups is 2. The van der Waals surface area contributed by atoms with Gasteiger partial charge in [0, 0.05) is 11.6 Å². The number of amides is 2. The van der Waals surface area contributed by atoms with E-state index in [1.54, 1.807) is 36.4 Å². The molecule has 2 N–H and O–H groups in total. The second-order valence-electron chi connectivity index (χ2n) is 6.45. The zero-order valence-electron chi connectivity index (χ0n) is 15.8. The summed E-state index contributed by atoms with van der Waals surface area (Å²) < 4.78 is 5.30. The lowest BCUT2D eigenvalue weighted by Gasteiger charge is -2.18. The molecule has 0 unspecified atom stereocenters. The molecule has 3 aromatic rings. The summed E-state index contributed by atoms with van der Waals surface area (Å²) >= 11 is 0. The normalized spacial score (nSPS) is 12.3. The van der Waals surface area contributed by atoms with Gasteiger partial charge in [-0.3, -0.25) is 9.59 Å². The molecule has 0 spiro atoms. The van der Waals surface area contributed by atoms with Crippen molar-refractivity contribution in [2.75, 3.05) is 0 Å². The van der Waals surface area contributed by atoms with E-state index >= 15 is 0 Å². The van der Waals surface area contributed by atoms with Gasteiger partial charge in [-0.05, 0) is 49.2 Å². The van der Waals surface area contributed by atoms with E-state index in [2.05, 4.69) is 10.6 Å². The molecule has 0 aliphatic heterocycles. The van der Waals surface area contributed by atoms with E-state index in [9.17, 15) is 9.59 Å². The molecule has 0 radical (unpaired) electrons. The van der Waals surface area contributed by atoms with Crippen molar-refractivity contribution < 1.29 is 14.0 Å². The van der Waals surface area contributed by atoms with Crippen LogP contribution in [-0.2, 0) is 4.79 Å². The maximum atomic E-state index is 12.9. The lowest BCUT2D eigenvalue weighted by Crippen LogP contribution is -2.36. The number of carbonyl (C=O) groups excluding carboxylic acids is 2. The van der Waals surface area contributed by atoms with Crippen LogP contribution in [0.2, 0.25) is 0 Å². The Kier molecular flexibility index (Phi) is 6.07. The van der Waals surface area contributed by atoms with E-state index in [1.165, 1.54) is 12.3 Å². The Morgan fingerprint density at radius 2 is 1.68 bits per heavy atom. The van der Waals surface area contributed by atoms with E-state index < -0.39 is 5.91 Å². The Morgan fingerprint density at radius 3 is 2.36 bits per heavy atom. The summed E-state index contributed by atoms with van der Waals surface area (Å²) in [5, 5.41) is 5.64. The first-order valence-electron chi connectivity index (χ1n) is 9.02. The van der Waals surface area contributed by atoms with Crippen molar-refractivity contribution in [2.24, 2.45) is 0 Å². The van der Waals surface area contributed by atoms with Gasteiger partial charge in [0.25, 0.3) is 11.8 Å². The summed E-state index contributed by atoms with van der Waals surface area (Å²) in [6.45, 7) is 3.90. The Labute approximate surface area is 164 Å². The molecule has 1 heterocycles. The Hall–Kier alpha value is -3.60. The average molecular weight is 374 g/mol. The number of furan rings is 1. The van der Waals surface area contributed by atoms with Crippen LogP contribution in [0.4, 0.5) is 0 Å². The van der Waals surface area contributed by atoms with Crippen LogP contribution in [-0.4, -0.2) is 11.8 Å². The van der Waals surface area contributed by atoms with Crippen molar-refractivity contribution in [3.63, 3.8) is 0 Å². The minimum Gasteiger partial charge on any atom is -0.465 e. The first-order chi connectivity index (χ1) is 13.5. The molecule has 3 rings (SSSR count). The highest BCUT2D eigenvalue weighted by Crippen LogP contribution is 2.17. The van der Waals surface area contributed by atoms with Crippen LogP contribution in [0.3, 0.4) is 0 Å². The number of nitrogens with one attached hydrogen (secondary N) is 2. The summed E-state index contributed by atoms with van der Waals surface area (Å²) in [4.78, 5) is 25.4. The number of aryl methyl sites for hydroxylation is 1. The van der Waals surface area contributed by atoms with E-state index in [1.807, 2.05) is 44.2 Å². The van der Waals surface area contributed by atoms with Gasteiger partial charge in [-0.2, -0.15) is 0 Å². The van der Waals surface area contributed by atoms with Gasteiger partial charge in [-0.25, -0.2) is 0 Å². The summed E-state index contributed by atoms with van der Waals surface area (Å²) in [7, 11) is 0. The van der Waals surface area contributed by atoms with E-state index in [-0.39, 0.29) is 17.6 Å². The van der Waals surface area contributed by atoms with Crippen LogP contribution in [0.5, 0.6) is 0 Å². The zero-order valence-corrected chi connectivity index (χ0v) is 15.8. The lowest BCUT2D eigenvalue weighted by atomic mass is 10.0. The highest BCUT2D eigenvalue weighted by Gasteiger charge is 2.18. The highest BCUT2D eigenvalue weighted by molar-refractivity contribution is 6.05. The maximum absolute atomic E-state index is 12.9. The van der Waals surface area contributed by atoms with E-state index in [0.717, 1.165) is 11.1 Å². The third kappa shape index (κ3) is 4.76. The average Bonchev–Trinajstić information content (AvgIpc) is 3.21. The van der Waals surface area contributed by atoms with Gasteiger partial charge in [0.2, 0.25) is 0 Å². The van der Waals surface area contributed by atoms with Crippen LogP contribution >= 0.6 is 0 Å². The molecular formula is C23H22N2O3. The molecule has 0 saturated carbocycles. The van der Waals surface area contributed by atoms with Gasteiger partial charge in [0.15, 0.2) is 0 Å². The number of benzene rings is 2. The van der Waals surface area contributed by atoms with Crippen molar-refractivity contribution in [3.05, 3.63) is 101 Å². The molecule has 28 heavy (non-hydrogen) atoms. The van der Waals surface area contributed by atoms with E-state index in [0.29, 0.717) is 11.3 Å². The molecular weight excluding hydrogens is 352 g/mol. The van der Waals surface area contributed by atoms with Crippen LogP contribution in [0, 0.1) is 6.92 Å². The SMILES string of the molecule is Cc1ccccc1[C@H](C)NC(=O)/C(=C/c1ccco1)NC(=O)c1ccccc1. The second-order valence-corrected chi connectivity index (χ2v) is 6.45. The molecule has 142 valence electrons. The van der Waals surface area contributed by atoms with Crippen molar-refractivity contribution in [3.8, 4) is 0 Å². The molecule has 0 aliphatic rings. The summed E-state index contributed by atoms with van der Waals surface area (Å²) in [5.74, 6) is -0.282. The highest BCUT2D eigenvalue weighted by atomic mass is 16.3. The largest absolute Gasteiger partial charge is 0.465 e. The minimum atomic E-state index is -0.392. The molecule has 0 aliphatic carbocycles. The summed E-state index contributed by atoms with van der Waals surface area (Å²) in [5.41, 5.74) is 2.68. The first-order valence-corrected chi connectivity index (χ1v) is 9.02. The van der Waals surface area contributed by atoms with Gasteiger partial charge in [0.05, 0.1) is 12.3 Å². The minimum absolute atomic E-state index is 0.115. The molecule has 2 aromatic carbocycles. The van der Waals surface area contributed by atoms with Crippen molar-refractivity contribution in [1.29, 1.82) is 0 Å². The fourth-order valence-corrected chi connectivity index (χ4v) is 2.88. The lowest BCUT2D eigenvalue weighted by molar-refractivity contribution is -0.118. The van der Waals surface area contributed by atoms with Crippen LogP contribution in [0.25, 0.3) is 6.08 Å². The molecule has 0 saturated heterocycles. The van der Waals surface area contributed by atoms with Gasteiger partial charge < -0.3 is 15.1 Å². The van der Waals surface area contributed by atoms with Crippen LogP contribution < -0.4 is 10.6 Å². The monoisotopic (exact) mass is 374 g/mol. The van der Waals surface area contributed by atoms with Gasteiger partial charge >= 0.3 is 0 Å². The maximum Gasteiger partial charge on any atom is 0.268 e. The van der Waals surface area contributed by atoms with Crippen molar-refractivity contribution >= 4 is 17.9 Å². The quantitative estimate of drug-likeness (QED) is 0.634. The molecule has 2 amide bonds. The predicted octanol–water partition coefficient (Wildman–Crippen LogP) is 4.24. The molecule has 5 heteroatoms. The Bertz CT molecular complexity index is 976.